The van der Waals surface area contributed by atoms with Crippen molar-refractivity contribution in [3.8, 4) is 12.3 Å². The number of terminal acetylenes is 1. The highest BCUT2D eigenvalue weighted by Crippen LogP contribution is 2.39. The number of ether oxygens (including phenoxy) is 1. The third kappa shape index (κ3) is 3.23. The Hall–Kier alpha value is -1.30. The molecule has 0 aromatic heterocycles. The van der Waals surface area contributed by atoms with E-state index in [9.17, 15) is 0 Å². The molecule has 1 atom stereocenters. The summed E-state index contributed by atoms with van der Waals surface area (Å²) < 4.78 is 5.60. The third-order valence-corrected chi connectivity index (χ3v) is 4.36. The van der Waals surface area contributed by atoms with Gasteiger partial charge in [-0.3, -0.25) is 0 Å². The van der Waals surface area contributed by atoms with Crippen LogP contribution in [0.4, 0.5) is 0 Å². The Labute approximate surface area is 122 Å². The maximum absolute atomic E-state index is 5.62. The number of benzene rings is 1. The maximum Gasteiger partial charge on any atom is 0.0475 e. The van der Waals surface area contributed by atoms with Crippen molar-refractivity contribution in [2.75, 3.05) is 19.8 Å². The van der Waals surface area contributed by atoms with E-state index in [2.05, 4.69) is 48.5 Å². The molecular weight excluding hydrogens is 246 g/mol. The minimum Gasteiger partial charge on any atom is -0.381 e. The van der Waals surface area contributed by atoms with Crippen LogP contribution in [0.5, 0.6) is 0 Å². The second kappa shape index (κ2) is 7.47. The molecule has 0 aliphatic carbocycles. The minimum atomic E-state index is 0.112. The highest BCUT2D eigenvalue weighted by atomic mass is 16.5. The molecule has 0 amide bonds. The van der Waals surface area contributed by atoms with E-state index in [0.29, 0.717) is 6.04 Å². The fourth-order valence-corrected chi connectivity index (χ4v) is 3.24. The summed E-state index contributed by atoms with van der Waals surface area (Å²) in [5.41, 5.74) is 1.51. The number of nitrogens with one attached hydrogen (secondary N) is 1. The van der Waals surface area contributed by atoms with Crippen LogP contribution in [0.2, 0.25) is 0 Å². The van der Waals surface area contributed by atoms with Crippen molar-refractivity contribution in [2.45, 2.75) is 44.1 Å². The summed E-state index contributed by atoms with van der Waals surface area (Å²) in [6.07, 6.45) is 9.61. The van der Waals surface area contributed by atoms with Crippen LogP contribution >= 0.6 is 0 Å². The van der Waals surface area contributed by atoms with E-state index in [0.717, 1.165) is 45.4 Å². The molecule has 0 saturated carbocycles. The first kappa shape index (κ1) is 15.1. The van der Waals surface area contributed by atoms with Gasteiger partial charge < -0.3 is 10.1 Å². The van der Waals surface area contributed by atoms with E-state index in [4.69, 9.17) is 11.2 Å². The van der Waals surface area contributed by atoms with Gasteiger partial charge in [-0.15, -0.1) is 12.3 Å². The molecule has 1 unspecified atom stereocenters. The molecule has 1 aliphatic rings. The molecule has 1 heterocycles. The summed E-state index contributed by atoms with van der Waals surface area (Å²) >= 11 is 0. The molecule has 1 N–H and O–H groups in total. The fourth-order valence-electron chi connectivity index (χ4n) is 3.24. The third-order valence-electron chi connectivity index (χ3n) is 4.36. The molecular formula is C18H25NO. The summed E-state index contributed by atoms with van der Waals surface area (Å²) in [6, 6.07) is 11.1. The highest BCUT2D eigenvalue weighted by molar-refractivity contribution is 5.29. The maximum atomic E-state index is 5.62. The Morgan fingerprint density at radius 2 is 2.00 bits per heavy atom. The van der Waals surface area contributed by atoms with Crippen molar-refractivity contribution in [1.29, 1.82) is 0 Å². The molecule has 1 aromatic carbocycles. The second-order valence-electron chi connectivity index (χ2n) is 5.55. The summed E-state index contributed by atoms with van der Waals surface area (Å²) in [6.45, 7) is 4.86. The van der Waals surface area contributed by atoms with Crippen LogP contribution in [-0.2, 0) is 10.2 Å². The molecule has 2 nitrogen and oxygen atoms in total. The predicted molar refractivity (Wildman–Crippen MR) is 83.7 cm³/mol. The van der Waals surface area contributed by atoms with Crippen LogP contribution in [0.25, 0.3) is 0 Å². The smallest absolute Gasteiger partial charge is 0.0475 e. The normalized spacial score (nSPS) is 19.2. The Bertz CT molecular complexity index is 428. The van der Waals surface area contributed by atoms with Crippen molar-refractivity contribution in [2.24, 2.45) is 0 Å². The molecule has 0 spiro atoms. The van der Waals surface area contributed by atoms with Crippen LogP contribution in [0.1, 0.15) is 38.2 Å². The number of rotatable bonds is 6. The standard InChI is InChI=1S/C18H25NO/c1-3-8-17(19-13-4-2)18(11-14-20-15-12-18)16-9-6-5-7-10-16/h1,5-7,9-10,17,19H,4,8,11-15H2,2H3. The van der Waals surface area contributed by atoms with Gasteiger partial charge in [0.1, 0.15) is 0 Å². The van der Waals surface area contributed by atoms with Crippen LogP contribution in [0.15, 0.2) is 30.3 Å². The SMILES string of the molecule is C#CCC(NCCC)C1(c2ccccc2)CCOCC1. The van der Waals surface area contributed by atoms with Crippen LogP contribution in [-0.4, -0.2) is 25.8 Å². The average molecular weight is 271 g/mol. The summed E-state index contributed by atoms with van der Waals surface area (Å²) in [7, 11) is 0. The molecule has 108 valence electrons. The lowest BCUT2D eigenvalue weighted by atomic mass is 9.67. The van der Waals surface area contributed by atoms with Crippen LogP contribution in [0, 0.1) is 12.3 Å². The topological polar surface area (TPSA) is 21.3 Å². The molecule has 20 heavy (non-hydrogen) atoms. The lowest BCUT2D eigenvalue weighted by molar-refractivity contribution is 0.0350. The molecule has 1 aromatic rings. The van der Waals surface area contributed by atoms with Gasteiger partial charge in [-0.2, -0.15) is 0 Å². The first-order valence-corrected chi connectivity index (χ1v) is 7.63. The Morgan fingerprint density at radius 3 is 2.60 bits per heavy atom. The van der Waals surface area contributed by atoms with Crippen molar-refractivity contribution >= 4 is 0 Å². The summed E-state index contributed by atoms with van der Waals surface area (Å²) in [4.78, 5) is 0. The van der Waals surface area contributed by atoms with E-state index >= 15 is 0 Å². The Morgan fingerprint density at radius 1 is 1.30 bits per heavy atom. The zero-order chi connectivity index (χ0) is 14.3. The van der Waals surface area contributed by atoms with E-state index in [1.54, 1.807) is 0 Å². The number of hydrogen-bond acceptors (Lipinski definition) is 2. The monoisotopic (exact) mass is 271 g/mol. The molecule has 1 fully saturated rings. The Kier molecular flexibility index (Phi) is 5.64. The summed E-state index contributed by atoms with van der Waals surface area (Å²) in [5, 5.41) is 3.68. The van der Waals surface area contributed by atoms with Crippen LogP contribution in [0.3, 0.4) is 0 Å². The van der Waals surface area contributed by atoms with Crippen molar-refractivity contribution < 1.29 is 4.74 Å². The first-order chi connectivity index (χ1) is 9.83. The van der Waals surface area contributed by atoms with Gasteiger partial charge in [-0.05, 0) is 31.4 Å². The minimum absolute atomic E-state index is 0.112. The van der Waals surface area contributed by atoms with E-state index in [1.807, 2.05) is 0 Å². The quantitative estimate of drug-likeness (QED) is 0.803. The van der Waals surface area contributed by atoms with Crippen molar-refractivity contribution in [1.82, 2.24) is 5.32 Å². The first-order valence-electron chi connectivity index (χ1n) is 7.63. The zero-order valence-corrected chi connectivity index (χ0v) is 12.4. The van der Waals surface area contributed by atoms with Gasteiger partial charge in [0.2, 0.25) is 0 Å². The number of hydrogen-bond donors (Lipinski definition) is 1. The van der Waals surface area contributed by atoms with E-state index in [-0.39, 0.29) is 5.41 Å². The fraction of sp³-hybridized carbons (Fsp3) is 0.556. The van der Waals surface area contributed by atoms with E-state index < -0.39 is 0 Å². The van der Waals surface area contributed by atoms with Crippen molar-refractivity contribution in [3.05, 3.63) is 35.9 Å². The predicted octanol–water partition coefficient (Wildman–Crippen LogP) is 3.13. The highest BCUT2D eigenvalue weighted by Gasteiger charge is 2.41. The average Bonchev–Trinajstić information content (AvgIpc) is 2.53. The molecule has 2 heteroatoms. The lowest BCUT2D eigenvalue weighted by Crippen LogP contribution is -2.51. The van der Waals surface area contributed by atoms with Crippen molar-refractivity contribution in [3.63, 3.8) is 0 Å². The largest absolute Gasteiger partial charge is 0.381 e. The van der Waals surface area contributed by atoms with Gasteiger partial charge in [-0.25, -0.2) is 0 Å². The van der Waals surface area contributed by atoms with E-state index in [1.165, 1.54) is 5.56 Å². The van der Waals surface area contributed by atoms with Gasteiger partial charge in [0.25, 0.3) is 0 Å². The molecule has 0 radical (unpaired) electrons. The van der Waals surface area contributed by atoms with Gasteiger partial charge in [0.15, 0.2) is 0 Å². The van der Waals surface area contributed by atoms with Gasteiger partial charge in [-0.1, -0.05) is 37.3 Å². The zero-order valence-electron chi connectivity index (χ0n) is 12.4. The Balaban J connectivity index is 2.31. The summed E-state index contributed by atoms with van der Waals surface area (Å²) in [5.74, 6) is 2.87. The molecule has 2 rings (SSSR count). The molecule has 0 bridgehead atoms. The second-order valence-corrected chi connectivity index (χ2v) is 5.55. The lowest BCUT2D eigenvalue weighted by Gasteiger charge is -2.44. The van der Waals surface area contributed by atoms with Gasteiger partial charge in [0, 0.05) is 31.1 Å². The van der Waals surface area contributed by atoms with Crippen LogP contribution < -0.4 is 5.32 Å². The molecule has 1 saturated heterocycles. The van der Waals surface area contributed by atoms with Gasteiger partial charge in [0.05, 0.1) is 0 Å². The van der Waals surface area contributed by atoms with Gasteiger partial charge >= 0.3 is 0 Å². The molecule has 1 aliphatic heterocycles.